The standard InChI is InChI=1S/C20H22N4O3/c1-13-9-10-17(27-4)16(11-13)21-18(25)12-24-20(26)15-8-6-5-7-14(15)19(22-24)23(2)3/h5-11H,12H2,1-4H3,(H,21,25). The van der Waals surface area contributed by atoms with Gasteiger partial charge in [0.05, 0.1) is 18.2 Å². The Labute approximate surface area is 157 Å². The highest BCUT2D eigenvalue weighted by molar-refractivity contribution is 5.93. The van der Waals surface area contributed by atoms with Crippen molar-refractivity contribution in [3.63, 3.8) is 0 Å². The van der Waals surface area contributed by atoms with E-state index in [4.69, 9.17) is 4.74 Å². The lowest BCUT2D eigenvalue weighted by Gasteiger charge is -2.16. The summed E-state index contributed by atoms with van der Waals surface area (Å²) in [4.78, 5) is 27.1. The van der Waals surface area contributed by atoms with E-state index in [-0.39, 0.29) is 18.0 Å². The minimum atomic E-state index is -0.353. The van der Waals surface area contributed by atoms with Crippen LogP contribution in [-0.2, 0) is 11.3 Å². The fourth-order valence-corrected chi connectivity index (χ4v) is 2.90. The number of nitrogens with one attached hydrogen (secondary N) is 1. The average Bonchev–Trinajstić information content (AvgIpc) is 2.64. The summed E-state index contributed by atoms with van der Waals surface area (Å²) >= 11 is 0. The minimum Gasteiger partial charge on any atom is -0.495 e. The first-order valence-corrected chi connectivity index (χ1v) is 8.52. The summed E-state index contributed by atoms with van der Waals surface area (Å²) < 4.78 is 6.47. The van der Waals surface area contributed by atoms with E-state index in [0.29, 0.717) is 22.6 Å². The van der Waals surface area contributed by atoms with E-state index in [1.807, 2.05) is 50.2 Å². The van der Waals surface area contributed by atoms with E-state index < -0.39 is 0 Å². The average molecular weight is 366 g/mol. The fraction of sp³-hybridized carbons (Fsp3) is 0.250. The smallest absolute Gasteiger partial charge is 0.275 e. The molecule has 0 bridgehead atoms. The predicted molar refractivity (Wildman–Crippen MR) is 107 cm³/mol. The molecule has 0 unspecified atom stereocenters. The van der Waals surface area contributed by atoms with Crippen LogP contribution in [0.5, 0.6) is 5.75 Å². The molecule has 0 aliphatic carbocycles. The van der Waals surface area contributed by atoms with Gasteiger partial charge in [-0.1, -0.05) is 24.3 Å². The highest BCUT2D eigenvalue weighted by Crippen LogP contribution is 2.25. The summed E-state index contributed by atoms with van der Waals surface area (Å²) in [6.07, 6.45) is 0. The molecule has 0 spiro atoms. The number of fused-ring (bicyclic) bond motifs is 1. The maximum Gasteiger partial charge on any atom is 0.275 e. The highest BCUT2D eigenvalue weighted by atomic mass is 16.5. The second kappa shape index (κ2) is 7.49. The molecular formula is C20H22N4O3. The number of hydrogen-bond acceptors (Lipinski definition) is 5. The van der Waals surface area contributed by atoms with Crippen LogP contribution in [0.1, 0.15) is 5.56 Å². The summed E-state index contributed by atoms with van der Waals surface area (Å²) in [5.41, 5.74) is 1.24. The first kappa shape index (κ1) is 18.4. The van der Waals surface area contributed by atoms with E-state index in [1.54, 1.807) is 25.3 Å². The molecule has 0 fully saturated rings. The van der Waals surface area contributed by atoms with Crippen LogP contribution in [0.15, 0.2) is 47.3 Å². The summed E-state index contributed by atoms with van der Waals surface area (Å²) in [5, 5.41) is 8.46. The number of carbonyl (C=O) groups excluding carboxylic acids is 1. The number of hydrogen-bond donors (Lipinski definition) is 1. The largest absolute Gasteiger partial charge is 0.495 e. The van der Waals surface area contributed by atoms with Gasteiger partial charge in [0.1, 0.15) is 12.3 Å². The van der Waals surface area contributed by atoms with Crippen LogP contribution in [0.3, 0.4) is 0 Å². The molecule has 0 saturated carbocycles. The molecular weight excluding hydrogens is 344 g/mol. The molecule has 7 heteroatoms. The van der Waals surface area contributed by atoms with Crippen molar-refractivity contribution in [1.82, 2.24) is 9.78 Å². The number of methoxy groups -OCH3 is 1. The number of rotatable bonds is 5. The van der Waals surface area contributed by atoms with Gasteiger partial charge in [0.25, 0.3) is 5.56 Å². The molecule has 7 nitrogen and oxygen atoms in total. The Hall–Kier alpha value is -3.35. The lowest BCUT2D eigenvalue weighted by atomic mass is 10.2. The third-order valence-electron chi connectivity index (χ3n) is 4.19. The van der Waals surface area contributed by atoms with Gasteiger partial charge < -0.3 is 15.0 Å². The van der Waals surface area contributed by atoms with Crippen LogP contribution in [0, 0.1) is 6.92 Å². The van der Waals surface area contributed by atoms with Crippen molar-refractivity contribution in [3.8, 4) is 5.75 Å². The summed E-state index contributed by atoms with van der Waals surface area (Å²) in [6, 6.07) is 12.7. The number of aromatic nitrogens is 2. The molecule has 1 aromatic heterocycles. The second-order valence-corrected chi connectivity index (χ2v) is 6.48. The third-order valence-corrected chi connectivity index (χ3v) is 4.19. The number of anilines is 2. The Kier molecular flexibility index (Phi) is 5.12. The van der Waals surface area contributed by atoms with Gasteiger partial charge in [-0.2, -0.15) is 5.10 Å². The molecule has 2 aromatic carbocycles. The van der Waals surface area contributed by atoms with Crippen LogP contribution in [0.25, 0.3) is 10.8 Å². The van der Waals surface area contributed by atoms with Gasteiger partial charge in [-0.05, 0) is 30.7 Å². The first-order chi connectivity index (χ1) is 12.9. The first-order valence-electron chi connectivity index (χ1n) is 8.52. The Morgan fingerprint density at radius 3 is 2.56 bits per heavy atom. The molecule has 0 atom stereocenters. The van der Waals surface area contributed by atoms with Crippen molar-refractivity contribution in [3.05, 3.63) is 58.4 Å². The van der Waals surface area contributed by atoms with Crippen molar-refractivity contribution < 1.29 is 9.53 Å². The topological polar surface area (TPSA) is 76.5 Å². The number of aryl methyl sites for hydroxylation is 1. The van der Waals surface area contributed by atoms with Crippen LogP contribution >= 0.6 is 0 Å². The lowest BCUT2D eigenvalue weighted by Crippen LogP contribution is -2.31. The van der Waals surface area contributed by atoms with E-state index in [1.165, 1.54) is 4.68 Å². The molecule has 140 valence electrons. The monoisotopic (exact) mass is 366 g/mol. The van der Waals surface area contributed by atoms with Gasteiger partial charge in [0, 0.05) is 19.5 Å². The summed E-state index contributed by atoms with van der Waals surface area (Å²) in [7, 11) is 5.24. The summed E-state index contributed by atoms with van der Waals surface area (Å²) in [5.74, 6) is 0.835. The quantitative estimate of drug-likeness (QED) is 0.750. The van der Waals surface area contributed by atoms with Gasteiger partial charge in [0.15, 0.2) is 5.82 Å². The Bertz CT molecular complexity index is 1060. The van der Waals surface area contributed by atoms with Crippen molar-refractivity contribution in [2.45, 2.75) is 13.5 Å². The number of benzene rings is 2. The van der Waals surface area contributed by atoms with Gasteiger partial charge in [-0.25, -0.2) is 4.68 Å². The van der Waals surface area contributed by atoms with Crippen LogP contribution in [-0.4, -0.2) is 36.9 Å². The Morgan fingerprint density at radius 2 is 1.89 bits per heavy atom. The molecule has 0 aliphatic rings. The van der Waals surface area contributed by atoms with Gasteiger partial charge in [0.2, 0.25) is 5.91 Å². The SMILES string of the molecule is COc1ccc(C)cc1NC(=O)Cn1nc(N(C)C)c2ccccc2c1=O. The molecule has 1 amide bonds. The van der Waals surface area contributed by atoms with Crippen molar-refractivity contribution in [2.24, 2.45) is 0 Å². The number of ether oxygens (including phenoxy) is 1. The van der Waals surface area contributed by atoms with Crippen molar-refractivity contribution >= 4 is 28.2 Å². The normalized spacial score (nSPS) is 10.7. The fourth-order valence-electron chi connectivity index (χ4n) is 2.90. The molecule has 0 radical (unpaired) electrons. The highest BCUT2D eigenvalue weighted by Gasteiger charge is 2.15. The van der Waals surface area contributed by atoms with Gasteiger partial charge in [-0.3, -0.25) is 9.59 Å². The number of amides is 1. The maximum atomic E-state index is 12.7. The van der Waals surface area contributed by atoms with E-state index >= 15 is 0 Å². The van der Waals surface area contributed by atoms with E-state index in [2.05, 4.69) is 10.4 Å². The van der Waals surface area contributed by atoms with E-state index in [9.17, 15) is 9.59 Å². The molecule has 3 aromatic rings. The van der Waals surface area contributed by atoms with Crippen LogP contribution < -0.4 is 20.5 Å². The third kappa shape index (κ3) is 3.76. The number of carbonyl (C=O) groups is 1. The Balaban J connectivity index is 1.95. The zero-order chi connectivity index (χ0) is 19.6. The molecule has 0 saturated heterocycles. The predicted octanol–water partition coefficient (Wildman–Crippen LogP) is 2.42. The lowest BCUT2D eigenvalue weighted by molar-refractivity contribution is -0.117. The van der Waals surface area contributed by atoms with Crippen LogP contribution in [0.4, 0.5) is 11.5 Å². The number of nitrogens with zero attached hydrogens (tertiary/aromatic N) is 3. The van der Waals surface area contributed by atoms with E-state index in [0.717, 1.165) is 10.9 Å². The minimum absolute atomic E-state index is 0.193. The van der Waals surface area contributed by atoms with Crippen molar-refractivity contribution in [2.75, 3.05) is 31.4 Å². The molecule has 1 heterocycles. The molecule has 1 N–H and O–H groups in total. The summed E-state index contributed by atoms with van der Waals surface area (Å²) in [6.45, 7) is 1.73. The maximum absolute atomic E-state index is 12.7. The van der Waals surface area contributed by atoms with Gasteiger partial charge in [-0.15, -0.1) is 0 Å². The van der Waals surface area contributed by atoms with Crippen molar-refractivity contribution in [1.29, 1.82) is 0 Å². The van der Waals surface area contributed by atoms with Gasteiger partial charge >= 0.3 is 0 Å². The Morgan fingerprint density at radius 1 is 1.19 bits per heavy atom. The molecule has 3 rings (SSSR count). The molecule has 0 aliphatic heterocycles. The zero-order valence-electron chi connectivity index (χ0n) is 15.8. The second-order valence-electron chi connectivity index (χ2n) is 6.48. The molecule has 27 heavy (non-hydrogen) atoms. The zero-order valence-corrected chi connectivity index (χ0v) is 15.8. The van der Waals surface area contributed by atoms with Crippen LogP contribution in [0.2, 0.25) is 0 Å².